The van der Waals surface area contributed by atoms with Crippen molar-refractivity contribution in [2.24, 2.45) is 0 Å². The van der Waals surface area contributed by atoms with Crippen LogP contribution in [0, 0.1) is 0 Å². The van der Waals surface area contributed by atoms with E-state index in [1.54, 1.807) is 0 Å². The number of hydrogen-bond acceptors (Lipinski definition) is 6. The molecule has 0 amide bonds. The molecule has 6 nitrogen and oxygen atoms in total. The molecule has 0 aliphatic heterocycles. The van der Waals surface area contributed by atoms with Crippen molar-refractivity contribution in [1.29, 1.82) is 0 Å². The SMILES string of the molecule is CC(=O)[O-].O=S(=O)([O-])[O-].[H+].[Ni]. The Hall–Kier alpha value is -0.166. The Morgan fingerprint density at radius 3 is 1.40 bits per heavy atom. The molecule has 0 atom stereocenters. The number of carboxylic acids is 1. The number of carbonyl (C=O) groups excluding carboxylic acids is 1. The van der Waals surface area contributed by atoms with Crippen LogP contribution in [-0.4, -0.2) is 23.5 Å². The van der Waals surface area contributed by atoms with E-state index in [0.29, 0.717) is 0 Å². The van der Waals surface area contributed by atoms with Gasteiger partial charge in [0, 0.05) is 32.9 Å². The van der Waals surface area contributed by atoms with E-state index in [1.807, 2.05) is 0 Å². The van der Waals surface area contributed by atoms with E-state index >= 15 is 0 Å². The second-order valence-corrected chi connectivity index (χ2v) is 1.72. The van der Waals surface area contributed by atoms with Crippen molar-refractivity contribution in [1.82, 2.24) is 0 Å². The molecule has 0 radical (unpaired) electrons. The summed E-state index contributed by atoms with van der Waals surface area (Å²) in [6, 6.07) is 0. The molecular weight excluding hydrogens is 211 g/mol. The predicted molar refractivity (Wildman–Crippen MR) is 22.3 cm³/mol. The van der Waals surface area contributed by atoms with Crippen molar-refractivity contribution in [2.45, 2.75) is 6.92 Å². The van der Waals surface area contributed by atoms with Crippen molar-refractivity contribution >= 4 is 16.4 Å². The van der Waals surface area contributed by atoms with Crippen LogP contribution in [0.15, 0.2) is 0 Å². The summed E-state index contributed by atoms with van der Waals surface area (Å²) in [6.45, 7) is 0.972. The molecule has 0 aromatic rings. The Balaban J connectivity index is -0.0000000383. The minimum atomic E-state index is -5.17. The van der Waals surface area contributed by atoms with Gasteiger partial charge in [-0.15, -0.1) is 0 Å². The van der Waals surface area contributed by atoms with E-state index in [-0.39, 0.29) is 17.9 Å². The topological polar surface area (TPSA) is 120 Å². The van der Waals surface area contributed by atoms with Crippen LogP contribution in [0.25, 0.3) is 0 Å². The molecule has 0 spiro atoms. The van der Waals surface area contributed by atoms with Crippen molar-refractivity contribution in [3.63, 3.8) is 0 Å². The fraction of sp³-hybridized carbons (Fsp3) is 0.500. The van der Waals surface area contributed by atoms with Gasteiger partial charge in [0.15, 0.2) is 0 Å². The molecule has 0 rings (SSSR count). The molecule has 0 N–H and O–H groups in total. The van der Waals surface area contributed by atoms with Gasteiger partial charge in [-0.05, 0) is 6.92 Å². The summed E-state index contributed by atoms with van der Waals surface area (Å²) >= 11 is 0. The standard InChI is InChI=1S/C2H4O2.Ni.H2O4S/c1-2(3)4;;1-5(2,3)4/h1H3,(H,3,4);;(H2,1,2,3,4)/p-2. The van der Waals surface area contributed by atoms with Gasteiger partial charge in [-0.25, -0.2) is 0 Å². The van der Waals surface area contributed by atoms with Gasteiger partial charge >= 0.3 is 1.43 Å². The maximum Gasteiger partial charge on any atom is 1.00 e. The minimum Gasteiger partial charge on any atom is -0.759 e. The Morgan fingerprint density at radius 2 is 1.40 bits per heavy atom. The van der Waals surface area contributed by atoms with Crippen LogP contribution in [-0.2, 0) is 31.7 Å². The van der Waals surface area contributed by atoms with Gasteiger partial charge in [0.1, 0.15) is 0 Å². The zero-order valence-corrected chi connectivity index (χ0v) is 6.48. The summed E-state index contributed by atoms with van der Waals surface area (Å²) in [5.41, 5.74) is 0. The smallest absolute Gasteiger partial charge is 0.759 e. The van der Waals surface area contributed by atoms with E-state index in [0.717, 1.165) is 6.92 Å². The van der Waals surface area contributed by atoms with E-state index in [9.17, 15) is 0 Å². The minimum absolute atomic E-state index is 0. The van der Waals surface area contributed by atoms with Gasteiger partial charge in [0.2, 0.25) is 0 Å². The quantitative estimate of drug-likeness (QED) is 0.250. The molecule has 0 aliphatic carbocycles. The average Bonchev–Trinajstić information content (AvgIpc) is 1.19. The van der Waals surface area contributed by atoms with E-state index in [2.05, 4.69) is 0 Å². The van der Waals surface area contributed by atoms with Crippen LogP contribution in [0.3, 0.4) is 0 Å². The Morgan fingerprint density at radius 1 is 1.40 bits per heavy atom. The van der Waals surface area contributed by atoms with E-state index in [4.69, 9.17) is 27.4 Å². The molecule has 0 fully saturated rings. The zero-order chi connectivity index (χ0) is 8.08. The van der Waals surface area contributed by atoms with E-state index in [1.165, 1.54) is 0 Å². The normalized spacial score (nSPS) is 8.30. The Kier molecular flexibility index (Phi) is 11.4. The number of carbonyl (C=O) groups is 1. The maximum atomic E-state index is 8.89. The van der Waals surface area contributed by atoms with Crippen LogP contribution in [0.1, 0.15) is 8.35 Å². The first-order chi connectivity index (χ1) is 3.73. The van der Waals surface area contributed by atoms with Crippen molar-refractivity contribution in [3.8, 4) is 0 Å². The number of aliphatic carboxylic acids is 1. The zero-order valence-electron chi connectivity index (χ0n) is 5.67. The number of hydrogen-bond donors (Lipinski definition) is 0. The monoisotopic (exact) mass is 214 g/mol. The first-order valence-electron chi connectivity index (χ1n) is 1.57. The molecule has 10 heavy (non-hydrogen) atoms. The fourth-order valence-corrected chi connectivity index (χ4v) is 0. The first kappa shape index (κ1) is 16.4. The molecule has 0 aromatic carbocycles. The molecule has 0 aromatic heterocycles. The van der Waals surface area contributed by atoms with Crippen LogP contribution in [0.5, 0.6) is 0 Å². The van der Waals surface area contributed by atoms with E-state index < -0.39 is 16.4 Å². The van der Waals surface area contributed by atoms with Crippen molar-refractivity contribution in [3.05, 3.63) is 0 Å². The van der Waals surface area contributed by atoms with Gasteiger partial charge < -0.3 is 19.0 Å². The fourth-order valence-electron chi connectivity index (χ4n) is 0. The first-order valence-corrected chi connectivity index (χ1v) is 2.91. The van der Waals surface area contributed by atoms with Crippen LogP contribution >= 0.6 is 0 Å². The molecule has 0 saturated carbocycles. The molecule has 0 bridgehead atoms. The molecule has 0 aliphatic rings. The summed E-state index contributed by atoms with van der Waals surface area (Å²) in [4.78, 5) is 8.89. The van der Waals surface area contributed by atoms with Crippen molar-refractivity contribution < 1.29 is 45.3 Å². The summed E-state index contributed by atoms with van der Waals surface area (Å²) in [5.74, 6) is -1.08. The van der Waals surface area contributed by atoms with Gasteiger partial charge in [-0.3, -0.25) is 8.42 Å². The molecule has 0 heterocycles. The van der Waals surface area contributed by atoms with Gasteiger partial charge in [0.05, 0.1) is 0 Å². The summed E-state index contributed by atoms with van der Waals surface area (Å²) in [5, 5.41) is 8.89. The van der Waals surface area contributed by atoms with Gasteiger partial charge in [0.25, 0.3) is 0 Å². The molecule has 0 saturated heterocycles. The maximum absolute atomic E-state index is 8.89. The molecule has 8 heteroatoms. The largest absolute Gasteiger partial charge is 1.00 e. The second-order valence-electron chi connectivity index (χ2n) is 0.900. The van der Waals surface area contributed by atoms with Crippen LogP contribution < -0.4 is 5.11 Å². The predicted octanol–water partition coefficient (Wildman–Crippen LogP) is -2.47. The second kappa shape index (κ2) is 6.95. The third-order valence-corrected chi connectivity index (χ3v) is 0. The average molecular weight is 215 g/mol. The third kappa shape index (κ3) is 13200. The number of rotatable bonds is 0. The summed E-state index contributed by atoms with van der Waals surface area (Å²) in [6.07, 6.45) is 0. The molecule has 66 valence electrons. The number of carboxylic acid groups (broad SMARTS) is 1. The van der Waals surface area contributed by atoms with Gasteiger partial charge in [-0.1, -0.05) is 0 Å². The molecule has 0 unspecified atom stereocenters. The Bertz CT molecular complexity index is 163. The van der Waals surface area contributed by atoms with Crippen LogP contribution in [0.2, 0.25) is 0 Å². The van der Waals surface area contributed by atoms with Crippen LogP contribution in [0.4, 0.5) is 0 Å². The van der Waals surface area contributed by atoms with Gasteiger partial charge in [-0.2, -0.15) is 0 Å². The summed E-state index contributed by atoms with van der Waals surface area (Å²) in [7, 11) is -5.17. The Labute approximate surface area is 69.2 Å². The third-order valence-electron chi connectivity index (χ3n) is 0. The summed E-state index contributed by atoms with van der Waals surface area (Å²) < 4.78 is 34.1. The van der Waals surface area contributed by atoms with Crippen molar-refractivity contribution in [2.75, 3.05) is 0 Å². The molecular formula is C2H4NiO6S-2.